The predicted octanol–water partition coefficient (Wildman–Crippen LogP) is 4.20. The lowest BCUT2D eigenvalue weighted by atomic mass is 10.0. The highest BCUT2D eigenvalue weighted by atomic mass is 19.2. The highest BCUT2D eigenvalue weighted by Gasteiger charge is 2.18. The van der Waals surface area contributed by atoms with Gasteiger partial charge in [0.1, 0.15) is 6.42 Å². The Hall–Kier alpha value is -2.83. The standard InChI is InChI=1S/C19H19F3N2O2/c1-3-11-6-5-7-12(4-2)19(11)24-16(26)10-15(25)23-14-9-8-13(20)17(21)18(14)22/h5-9H,3-4,10H2,1-2H3,(H,23,25)(H,24,26). The molecule has 0 aliphatic heterocycles. The summed E-state index contributed by atoms with van der Waals surface area (Å²) in [6, 6.07) is 7.24. The third kappa shape index (κ3) is 4.41. The molecule has 0 heterocycles. The van der Waals surface area contributed by atoms with E-state index in [1.54, 1.807) is 0 Å². The number of amides is 2. The second kappa shape index (κ2) is 8.51. The Morgan fingerprint density at radius 2 is 1.42 bits per heavy atom. The highest BCUT2D eigenvalue weighted by molar-refractivity contribution is 6.08. The van der Waals surface area contributed by atoms with E-state index in [2.05, 4.69) is 10.6 Å². The van der Waals surface area contributed by atoms with E-state index < -0.39 is 41.4 Å². The molecular weight excluding hydrogens is 345 g/mol. The number of aryl methyl sites for hydroxylation is 2. The average Bonchev–Trinajstić information content (AvgIpc) is 2.62. The Labute approximate surface area is 149 Å². The first-order chi connectivity index (χ1) is 12.4. The minimum absolute atomic E-state index is 0.523. The van der Waals surface area contributed by atoms with Gasteiger partial charge < -0.3 is 10.6 Å². The van der Waals surface area contributed by atoms with Crippen LogP contribution >= 0.6 is 0 Å². The van der Waals surface area contributed by atoms with Crippen LogP contribution in [0.2, 0.25) is 0 Å². The summed E-state index contributed by atoms with van der Waals surface area (Å²) in [5, 5.41) is 4.78. The third-order valence-electron chi connectivity index (χ3n) is 3.89. The molecule has 4 nitrogen and oxygen atoms in total. The summed E-state index contributed by atoms with van der Waals surface area (Å²) in [4.78, 5) is 24.1. The summed E-state index contributed by atoms with van der Waals surface area (Å²) in [7, 11) is 0. The SMILES string of the molecule is CCc1cccc(CC)c1NC(=O)CC(=O)Nc1ccc(F)c(F)c1F. The molecule has 0 unspecified atom stereocenters. The minimum Gasteiger partial charge on any atom is -0.325 e. The fraction of sp³-hybridized carbons (Fsp3) is 0.263. The molecule has 0 radical (unpaired) electrons. The van der Waals surface area contributed by atoms with Crippen LogP contribution in [0.1, 0.15) is 31.4 Å². The zero-order chi connectivity index (χ0) is 19.3. The topological polar surface area (TPSA) is 58.2 Å². The van der Waals surface area contributed by atoms with Crippen LogP contribution < -0.4 is 10.6 Å². The molecule has 0 saturated heterocycles. The van der Waals surface area contributed by atoms with Crippen LogP contribution in [0.3, 0.4) is 0 Å². The Morgan fingerprint density at radius 3 is 2.00 bits per heavy atom. The van der Waals surface area contributed by atoms with Crippen molar-refractivity contribution in [2.45, 2.75) is 33.1 Å². The third-order valence-corrected chi connectivity index (χ3v) is 3.89. The molecule has 2 aromatic carbocycles. The molecule has 0 aromatic heterocycles. The quantitative estimate of drug-likeness (QED) is 0.596. The van der Waals surface area contributed by atoms with Gasteiger partial charge in [0.15, 0.2) is 17.5 Å². The van der Waals surface area contributed by atoms with E-state index in [0.29, 0.717) is 24.6 Å². The van der Waals surface area contributed by atoms with Crippen molar-refractivity contribution < 1.29 is 22.8 Å². The van der Waals surface area contributed by atoms with Gasteiger partial charge in [-0.15, -0.1) is 0 Å². The molecule has 7 heteroatoms. The van der Waals surface area contributed by atoms with Crippen LogP contribution in [0.5, 0.6) is 0 Å². The second-order valence-electron chi connectivity index (χ2n) is 5.65. The van der Waals surface area contributed by atoms with Gasteiger partial charge in [0.25, 0.3) is 0 Å². The maximum absolute atomic E-state index is 13.6. The summed E-state index contributed by atoms with van der Waals surface area (Å²) in [5.74, 6) is -5.97. The summed E-state index contributed by atoms with van der Waals surface area (Å²) >= 11 is 0. The smallest absolute Gasteiger partial charge is 0.233 e. The Balaban J connectivity index is 2.07. The normalized spacial score (nSPS) is 10.5. The van der Waals surface area contributed by atoms with E-state index in [4.69, 9.17) is 0 Å². The van der Waals surface area contributed by atoms with Gasteiger partial charge in [0, 0.05) is 5.69 Å². The van der Waals surface area contributed by atoms with Crippen molar-refractivity contribution in [2.75, 3.05) is 10.6 Å². The predicted molar refractivity (Wildman–Crippen MR) is 93.4 cm³/mol. The Morgan fingerprint density at radius 1 is 0.846 bits per heavy atom. The molecule has 26 heavy (non-hydrogen) atoms. The number of carbonyl (C=O) groups excluding carboxylic acids is 2. The molecule has 138 valence electrons. The van der Waals surface area contributed by atoms with E-state index in [1.807, 2.05) is 32.0 Å². The lowest BCUT2D eigenvalue weighted by Crippen LogP contribution is -2.23. The first-order valence-electron chi connectivity index (χ1n) is 8.21. The largest absolute Gasteiger partial charge is 0.325 e. The van der Waals surface area contributed by atoms with Crippen molar-refractivity contribution in [1.29, 1.82) is 0 Å². The van der Waals surface area contributed by atoms with E-state index in [1.165, 1.54) is 0 Å². The average molecular weight is 364 g/mol. The lowest BCUT2D eigenvalue weighted by Gasteiger charge is -2.14. The van der Waals surface area contributed by atoms with E-state index in [0.717, 1.165) is 17.2 Å². The summed E-state index contributed by atoms with van der Waals surface area (Å²) in [5.41, 5.74) is 2.01. The van der Waals surface area contributed by atoms with Crippen LogP contribution in [-0.2, 0) is 22.4 Å². The van der Waals surface area contributed by atoms with Crippen LogP contribution in [0, 0.1) is 17.5 Å². The van der Waals surface area contributed by atoms with Gasteiger partial charge in [-0.25, -0.2) is 13.2 Å². The lowest BCUT2D eigenvalue weighted by molar-refractivity contribution is -0.123. The van der Waals surface area contributed by atoms with E-state index in [9.17, 15) is 22.8 Å². The molecular formula is C19H19F3N2O2. The van der Waals surface area contributed by atoms with Crippen molar-refractivity contribution in [1.82, 2.24) is 0 Å². The van der Waals surface area contributed by atoms with Crippen LogP contribution in [-0.4, -0.2) is 11.8 Å². The first-order valence-corrected chi connectivity index (χ1v) is 8.21. The molecule has 2 N–H and O–H groups in total. The van der Waals surface area contributed by atoms with Gasteiger partial charge in [0.05, 0.1) is 5.69 Å². The van der Waals surface area contributed by atoms with Crippen molar-refractivity contribution in [3.63, 3.8) is 0 Å². The Kier molecular flexibility index (Phi) is 6.38. The molecule has 2 rings (SSSR count). The first kappa shape index (κ1) is 19.5. The monoisotopic (exact) mass is 364 g/mol. The summed E-state index contributed by atoms with van der Waals surface area (Å²) < 4.78 is 39.7. The number of rotatable bonds is 6. The van der Waals surface area contributed by atoms with Gasteiger partial charge in [-0.3, -0.25) is 9.59 Å². The molecule has 0 spiro atoms. The number of nitrogens with one attached hydrogen (secondary N) is 2. The number of hydrogen-bond acceptors (Lipinski definition) is 2. The van der Waals surface area contributed by atoms with Gasteiger partial charge in [-0.1, -0.05) is 32.0 Å². The molecule has 0 fully saturated rings. The minimum atomic E-state index is -1.68. The van der Waals surface area contributed by atoms with Crippen molar-refractivity contribution in [3.05, 3.63) is 58.9 Å². The molecule has 0 aliphatic carbocycles. The van der Waals surface area contributed by atoms with Crippen molar-refractivity contribution >= 4 is 23.2 Å². The number of carbonyl (C=O) groups is 2. The van der Waals surface area contributed by atoms with Gasteiger partial charge in [0.2, 0.25) is 11.8 Å². The van der Waals surface area contributed by atoms with Crippen LogP contribution in [0.4, 0.5) is 24.5 Å². The number of benzene rings is 2. The molecule has 2 aromatic rings. The maximum atomic E-state index is 13.6. The van der Waals surface area contributed by atoms with E-state index in [-0.39, 0.29) is 0 Å². The number of halogens is 3. The highest BCUT2D eigenvalue weighted by Crippen LogP contribution is 2.23. The molecule has 0 aliphatic rings. The molecule has 0 saturated carbocycles. The van der Waals surface area contributed by atoms with Crippen LogP contribution in [0.15, 0.2) is 30.3 Å². The van der Waals surface area contributed by atoms with Gasteiger partial charge in [-0.2, -0.15) is 0 Å². The Bertz CT molecular complexity index is 816. The number of anilines is 2. The van der Waals surface area contributed by atoms with Gasteiger partial charge in [-0.05, 0) is 36.1 Å². The fourth-order valence-electron chi connectivity index (χ4n) is 2.55. The van der Waals surface area contributed by atoms with Crippen molar-refractivity contribution in [2.24, 2.45) is 0 Å². The zero-order valence-corrected chi connectivity index (χ0v) is 14.5. The van der Waals surface area contributed by atoms with E-state index >= 15 is 0 Å². The maximum Gasteiger partial charge on any atom is 0.233 e. The number of para-hydroxylation sites is 1. The molecule has 2 amide bonds. The van der Waals surface area contributed by atoms with Gasteiger partial charge >= 0.3 is 0 Å². The number of hydrogen-bond donors (Lipinski definition) is 2. The molecule has 0 bridgehead atoms. The zero-order valence-electron chi connectivity index (χ0n) is 14.5. The van der Waals surface area contributed by atoms with Crippen molar-refractivity contribution in [3.8, 4) is 0 Å². The summed E-state index contributed by atoms with van der Waals surface area (Å²) in [6.07, 6.45) is 0.824. The fourth-order valence-corrected chi connectivity index (χ4v) is 2.55. The molecule has 0 atom stereocenters. The van der Waals surface area contributed by atoms with Crippen LogP contribution in [0.25, 0.3) is 0 Å². The second-order valence-corrected chi connectivity index (χ2v) is 5.65. The summed E-state index contributed by atoms with van der Waals surface area (Å²) in [6.45, 7) is 3.89.